The lowest BCUT2D eigenvalue weighted by Crippen LogP contribution is -2.33. The molecule has 2 rings (SSSR count). The highest BCUT2D eigenvalue weighted by atomic mass is 16.6. The smallest absolute Gasteiger partial charge is 0.360 e. The number of nitrogens with zero attached hydrogens (tertiary/aromatic N) is 4. The molecule has 0 spiro atoms. The zero-order chi connectivity index (χ0) is 15.1. The fraction of sp³-hybridized carbons (Fsp3) is 0.786. The Balaban J connectivity index is 1.85. The number of aromatic nitrogens is 3. The molecule has 118 valence electrons. The van der Waals surface area contributed by atoms with Crippen LogP contribution >= 0.6 is 0 Å². The van der Waals surface area contributed by atoms with Gasteiger partial charge in [-0.15, -0.1) is 5.10 Å². The number of carbonyl (C=O) groups excluding carboxylic acids is 1. The molecule has 0 unspecified atom stereocenters. The Bertz CT molecular complexity index is 455. The van der Waals surface area contributed by atoms with E-state index in [1.165, 1.54) is 19.3 Å². The van der Waals surface area contributed by atoms with Crippen molar-refractivity contribution >= 4 is 5.97 Å². The molecule has 1 aliphatic rings. The number of hydrogen-bond acceptors (Lipinski definition) is 6. The predicted octanol–water partition coefficient (Wildman–Crippen LogP) is 0.876. The number of esters is 1. The van der Waals surface area contributed by atoms with Gasteiger partial charge in [0.25, 0.3) is 0 Å². The number of carbonyl (C=O) groups is 1. The second-order valence-corrected chi connectivity index (χ2v) is 5.28. The summed E-state index contributed by atoms with van der Waals surface area (Å²) in [5, 5.41) is 7.99. The molecule has 1 fully saturated rings. The molecule has 0 radical (unpaired) electrons. The van der Waals surface area contributed by atoms with E-state index < -0.39 is 5.97 Å². The molecule has 0 N–H and O–H groups in total. The van der Waals surface area contributed by atoms with Crippen LogP contribution in [0.3, 0.4) is 0 Å². The maximum absolute atomic E-state index is 11.9. The van der Waals surface area contributed by atoms with Gasteiger partial charge in [0.05, 0.1) is 18.8 Å². The molecule has 0 bridgehead atoms. The lowest BCUT2D eigenvalue weighted by atomic mass is 10.1. The van der Waals surface area contributed by atoms with Gasteiger partial charge in [-0.2, -0.15) is 0 Å². The summed E-state index contributed by atoms with van der Waals surface area (Å²) >= 11 is 0. The molecule has 2 heterocycles. The molecule has 1 saturated heterocycles. The van der Waals surface area contributed by atoms with E-state index in [-0.39, 0.29) is 6.61 Å². The molecule has 1 aliphatic heterocycles. The minimum Gasteiger partial charge on any atom is -0.458 e. The lowest BCUT2D eigenvalue weighted by molar-refractivity contribution is 0.0380. The first kappa shape index (κ1) is 15.9. The number of ether oxygens (including phenoxy) is 2. The van der Waals surface area contributed by atoms with Crippen molar-refractivity contribution in [2.45, 2.75) is 32.7 Å². The summed E-state index contributed by atoms with van der Waals surface area (Å²) < 4.78 is 11.7. The molecule has 7 nitrogen and oxygen atoms in total. The average molecular weight is 296 g/mol. The molecule has 0 saturated carbocycles. The van der Waals surface area contributed by atoms with E-state index in [9.17, 15) is 4.79 Å². The van der Waals surface area contributed by atoms with Crippen LogP contribution < -0.4 is 0 Å². The molecule has 0 atom stereocenters. The zero-order valence-electron chi connectivity index (χ0n) is 12.9. The fourth-order valence-electron chi connectivity index (χ4n) is 2.47. The van der Waals surface area contributed by atoms with Gasteiger partial charge >= 0.3 is 5.97 Å². The molecule has 7 heteroatoms. The van der Waals surface area contributed by atoms with Crippen LogP contribution in [-0.4, -0.2) is 65.8 Å². The van der Waals surface area contributed by atoms with Crippen LogP contribution in [0.25, 0.3) is 0 Å². The Morgan fingerprint density at radius 3 is 2.67 bits per heavy atom. The van der Waals surface area contributed by atoms with E-state index >= 15 is 0 Å². The van der Waals surface area contributed by atoms with E-state index in [0.29, 0.717) is 12.3 Å². The van der Waals surface area contributed by atoms with Crippen molar-refractivity contribution in [3.63, 3.8) is 0 Å². The van der Waals surface area contributed by atoms with Gasteiger partial charge in [-0.05, 0) is 32.9 Å². The highest BCUT2D eigenvalue weighted by Crippen LogP contribution is 2.10. The van der Waals surface area contributed by atoms with Crippen molar-refractivity contribution < 1.29 is 14.3 Å². The van der Waals surface area contributed by atoms with E-state index in [1.807, 2.05) is 6.92 Å². The first-order valence-corrected chi connectivity index (χ1v) is 7.51. The van der Waals surface area contributed by atoms with Crippen molar-refractivity contribution in [1.82, 2.24) is 19.9 Å². The van der Waals surface area contributed by atoms with Gasteiger partial charge in [-0.1, -0.05) is 11.6 Å². The minimum absolute atomic E-state index is 0.232. The first-order chi connectivity index (χ1) is 10.2. The number of rotatable bonds is 7. The van der Waals surface area contributed by atoms with Crippen molar-refractivity contribution in [3.05, 3.63) is 11.4 Å². The van der Waals surface area contributed by atoms with Gasteiger partial charge in [0.15, 0.2) is 5.69 Å². The van der Waals surface area contributed by atoms with Crippen LogP contribution in [0.2, 0.25) is 0 Å². The summed E-state index contributed by atoms with van der Waals surface area (Å²) in [6, 6.07) is 0. The Kier molecular flexibility index (Phi) is 6.13. The van der Waals surface area contributed by atoms with Gasteiger partial charge in [0.2, 0.25) is 0 Å². The lowest BCUT2D eigenvalue weighted by Gasteiger charge is -2.26. The maximum atomic E-state index is 11.9. The SMILES string of the molecule is COCCOC(=O)c1nnn(CCN2CCCCC2)c1C. The van der Waals surface area contributed by atoms with Crippen LogP contribution in [0, 0.1) is 6.92 Å². The summed E-state index contributed by atoms with van der Waals surface area (Å²) in [7, 11) is 1.57. The van der Waals surface area contributed by atoms with E-state index in [2.05, 4.69) is 15.2 Å². The van der Waals surface area contributed by atoms with E-state index in [1.54, 1.807) is 11.8 Å². The highest BCUT2D eigenvalue weighted by Gasteiger charge is 2.18. The van der Waals surface area contributed by atoms with Gasteiger partial charge in [0, 0.05) is 13.7 Å². The summed E-state index contributed by atoms with van der Waals surface area (Å²) in [6.07, 6.45) is 3.87. The third kappa shape index (κ3) is 4.50. The van der Waals surface area contributed by atoms with Gasteiger partial charge < -0.3 is 14.4 Å². The normalized spacial score (nSPS) is 16.1. The largest absolute Gasteiger partial charge is 0.458 e. The molecule has 1 aromatic heterocycles. The van der Waals surface area contributed by atoms with E-state index in [0.717, 1.165) is 31.9 Å². The second kappa shape index (κ2) is 8.09. The van der Waals surface area contributed by atoms with Gasteiger partial charge in [-0.3, -0.25) is 0 Å². The van der Waals surface area contributed by atoms with Crippen LogP contribution in [0.4, 0.5) is 0 Å². The van der Waals surface area contributed by atoms with Crippen molar-refractivity contribution in [3.8, 4) is 0 Å². The average Bonchev–Trinajstić information content (AvgIpc) is 2.87. The fourth-order valence-corrected chi connectivity index (χ4v) is 2.47. The molecule has 0 aliphatic carbocycles. The van der Waals surface area contributed by atoms with Crippen molar-refractivity contribution in [2.24, 2.45) is 0 Å². The maximum Gasteiger partial charge on any atom is 0.360 e. The van der Waals surface area contributed by atoms with Crippen LogP contribution in [-0.2, 0) is 16.0 Å². The molecule has 21 heavy (non-hydrogen) atoms. The summed E-state index contributed by atoms with van der Waals surface area (Å²) in [6.45, 7) is 6.47. The monoisotopic (exact) mass is 296 g/mol. The quantitative estimate of drug-likeness (QED) is 0.549. The Morgan fingerprint density at radius 1 is 1.19 bits per heavy atom. The van der Waals surface area contributed by atoms with E-state index in [4.69, 9.17) is 9.47 Å². The van der Waals surface area contributed by atoms with Gasteiger partial charge in [0.1, 0.15) is 6.61 Å². The Hall–Kier alpha value is -1.47. The summed E-state index contributed by atoms with van der Waals surface area (Å²) in [5.41, 5.74) is 1.05. The third-order valence-electron chi connectivity index (χ3n) is 3.77. The molecule has 1 aromatic rings. The highest BCUT2D eigenvalue weighted by molar-refractivity contribution is 5.88. The third-order valence-corrected chi connectivity index (χ3v) is 3.77. The Morgan fingerprint density at radius 2 is 1.95 bits per heavy atom. The molecular weight excluding hydrogens is 272 g/mol. The van der Waals surface area contributed by atoms with Crippen molar-refractivity contribution in [1.29, 1.82) is 0 Å². The summed E-state index contributed by atoms with van der Waals surface area (Å²) in [4.78, 5) is 14.3. The van der Waals surface area contributed by atoms with Gasteiger partial charge in [-0.25, -0.2) is 9.48 Å². The topological polar surface area (TPSA) is 69.5 Å². The number of methoxy groups -OCH3 is 1. The standard InChI is InChI=1S/C14H24N4O3/c1-12-13(14(19)21-11-10-20-2)15-16-18(12)9-8-17-6-4-3-5-7-17/h3-11H2,1-2H3. The van der Waals surface area contributed by atoms with Crippen LogP contribution in [0.15, 0.2) is 0 Å². The zero-order valence-corrected chi connectivity index (χ0v) is 12.9. The molecular formula is C14H24N4O3. The van der Waals surface area contributed by atoms with Crippen LogP contribution in [0.5, 0.6) is 0 Å². The molecule has 0 amide bonds. The number of hydrogen-bond donors (Lipinski definition) is 0. The second-order valence-electron chi connectivity index (χ2n) is 5.28. The Labute approximate surface area is 125 Å². The minimum atomic E-state index is -0.436. The number of piperidine rings is 1. The predicted molar refractivity (Wildman–Crippen MR) is 77.2 cm³/mol. The molecule has 0 aromatic carbocycles. The number of likely N-dealkylation sites (tertiary alicyclic amines) is 1. The van der Waals surface area contributed by atoms with Crippen molar-refractivity contribution in [2.75, 3.05) is 40.0 Å². The van der Waals surface area contributed by atoms with Crippen LogP contribution in [0.1, 0.15) is 35.4 Å². The first-order valence-electron chi connectivity index (χ1n) is 7.51. The summed E-state index contributed by atoms with van der Waals surface area (Å²) in [5.74, 6) is -0.436.